The number of nitrogens with one attached hydrogen (secondary N) is 1. The van der Waals surface area contributed by atoms with Gasteiger partial charge < -0.3 is 10.1 Å². The molecule has 1 unspecified atom stereocenters. The minimum absolute atomic E-state index is 0.304. The highest BCUT2D eigenvalue weighted by molar-refractivity contribution is 6.30. The second-order valence-corrected chi connectivity index (χ2v) is 4.64. The highest BCUT2D eigenvalue weighted by Crippen LogP contribution is 2.28. The first-order valence-electron chi connectivity index (χ1n) is 5.53. The monoisotopic (exact) mass is 241 g/mol. The van der Waals surface area contributed by atoms with E-state index in [0.717, 1.165) is 31.0 Å². The summed E-state index contributed by atoms with van der Waals surface area (Å²) >= 11 is 6.09. The van der Waals surface area contributed by atoms with Crippen LogP contribution in [-0.2, 0) is 4.74 Å². The number of halogens is 1. The topological polar surface area (TPSA) is 47.0 Å². The molecule has 4 nitrogen and oxygen atoms in total. The lowest BCUT2D eigenvalue weighted by Gasteiger charge is -2.17. The van der Waals surface area contributed by atoms with E-state index in [1.165, 1.54) is 6.33 Å². The molecular formula is C11H16ClN3O. The maximum atomic E-state index is 6.09. The van der Waals surface area contributed by atoms with Crippen LogP contribution < -0.4 is 5.32 Å². The normalized spacial score (nSPS) is 20.4. The van der Waals surface area contributed by atoms with Crippen molar-refractivity contribution in [2.24, 2.45) is 0 Å². The van der Waals surface area contributed by atoms with Crippen molar-refractivity contribution in [1.29, 1.82) is 0 Å². The SMILES string of the molecule is CC(C)c1c(Cl)ncnc1NC1CCOC1. The Hall–Kier alpha value is -0.870. The Morgan fingerprint density at radius 3 is 2.94 bits per heavy atom. The van der Waals surface area contributed by atoms with Gasteiger partial charge in [-0.05, 0) is 12.3 Å². The lowest BCUT2D eigenvalue weighted by molar-refractivity contribution is 0.195. The fourth-order valence-electron chi connectivity index (χ4n) is 1.84. The molecule has 0 saturated carbocycles. The van der Waals surface area contributed by atoms with Crippen LogP contribution in [-0.4, -0.2) is 29.2 Å². The molecule has 0 radical (unpaired) electrons. The molecule has 1 saturated heterocycles. The zero-order valence-corrected chi connectivity index (χ0v) is 10.3. The van der Waals surface area contributed by atoms with Crippen LogP contribution in [0.2, 0.25) is 5.15 Å². The molecule has 2 heterocycles. The number of aromatic nitrogens is 2. The first kappa shape index (κ1) is 11.6. The van der Waals surface area contributed by atoms with Crippen LogP contribution in [0, 0.1) is 0 Å². The molecule has 0 aliphatic carbocycles. The van der Waals surface area contributed by atoms with Gasteiger partial charge in [0.05, 0.1) is 12.6 Å². The highest BCUT2D eigenvalue weighted by atomic mass is 35.5. The first-order chi connectivity index (χ1) is 7.68. The summed E-state index contributed by atoms with van der Waals surface area (Å²) in [5.41, 5.74) is 0.982. The third-order valence-electron chi connectivity index (χ3n) is 2.68. The van der Waals surface area contributed by atoms with Gasteiger partial charge in [0.25, 0.3) is 0 Å². The molecule has 2 rings (SSSR count). The Kier molecular flexibility index (Phi) is 3.61. The number of hydrogen-bond acceptors (Lipinski definition) is 4. The molecule has 88 valence electrons. The van der Waals surface area contributed by atoms with Gasteiger partial charge in [0, 0.05) is 12.2 Å². The average Bonchev–Trinajstić information content (AvgIpc) is 2.70. The summed E-state index contributed by atoms with van der Waals surface area (Å²) in [5, 5.41) is 3.90. The van der Waals surface area contributed by atoms with E-state index in [-0.39, 0.29) is 0 Å². The van der Waals surface area contributed by atoms with Gasteiger partial charge in [0.1, 0.15) is 17.3 Å². The van der Waals surface area contributed by atoms with Crippen LogP contribution >= 0.6 is 11.6 Å². The van der Waals surface area contributed by atoms with Crippen LogP contribution in [0.15, 0.2) is 6.33 Å². The Balaban J connectivity index is 2.21. The number of ether oxygens (including phenoxy) is 1. The van der Waals surface area contributed by atoms with Gasteiger partial charge in [-0.1, -0.05) is 25.4 Å². The first-order valence-corrected chi connectivity index (χ1v) is 5.91. The van der Waals surface area contributed by atoms with Crippen LogP contribution in [0.5, 0.6) is 0 Å². The van der Waals surface area contributed by atoms with Crippen molar-refractivity contribution in [1.82, 2.24) is 9.97 Å². The van der Waals surface area contributed by atoms with Crippen molar-refractivity contribution in [3.63, 3.8) is 0 Å². The molecule has 1 aliphatic heterocycles. The molecule has 1 aromatic rings. The third-order valence-corrected chi connectivity index (χ3v) is 2.98. The molecule has 0 aromatic carbocycles. The summed E-state index contributed by atoms with van der Waals surface area (Å²) in [7, 11) is 0. The predicted molar refractivity (Wildman–Crippen MR) is 64.0 cm³/mol. The van der Waals surface area contributed by atoms with Gasteiger partial charge in [-0.15, -0.1) is 0 Å². The van der Waals surface area contributed by atoms with E-state index in [0.29, 0.717) is 17.1 Å². The molecule has 1 N–H and O–H groups in total. The van der Waals surface area contributed by atoms with E-state index in [2.05, 4.69) is 29.1 Å². The predicted octanol–water partition coefficient (Wildman–Crippen LogP) is 2.45. The van der Waals surface area contributed by atoms with Gasteiger partial charge >= 0.3 is 0 Å². The summed E-state index contributed by atoms with van der Waals surface area (Å²) in [6, 6.07) is 0.337. The molecule has 0 bridgehead atoms. The standard InChI is InChI=1S/C11H16ClN3O/c1-7(2)9-10(12)13-6-14-11(9)15-8-3-4-16-5-8/h6-8H,3-5H2,1-2H3,(H,13,14,15). The van der Waals surface area contributed by atoms with E-state index in [4.69, 9.17) is 16.3 Å². The van der Waals surface area contributed by atoms with Crippen molar-refractivity contribution < 1.29 is 4.74 Å². The highest BCUT2D eigenvalue weighted by Gasteiger charge is 2.19. The van der Waals surface area contributed by atoms with E-state index < -0.39 is 0 Å². The summed E-state index contributed by atoms with van der Waals surface area (Å²) in [6.45, 7) is 5.72. The van der Waals surface area contributed by atoms with E-state index >= 15 is 0 Å². The van der Waals surface area contributed by atoms with E-state index in [1.807, 2.05) is 0 Å². The minimum atomic E-state index is 0.304. The average molecular weight is 242 g/mol. The van der Waals surface area contributed by atoms with Gasteiger partial charge in [0.15, 0.2) is 0 Å². The Morgan fingerprint density at radius 1 is 1.50 bits per heavy atom. The molecule has 1 fully saturated rings. The molecule has 0 amide bonds. The number of rotatable bonds is 3. The van der Waals surface area contributed by atoms with E-state index in [9.17, 15) is 0 Å². The van der Waals surface area contributed by atoms with Crippen molar-refractivity contribution in [2.75, 3.05) is 18.5 Å². The number of anilines is 1. The van der Waals surface area contributed by atoms with Gasteiger partial charge in [0.2, 0.25) is 0 Å². The molecule has 16 heavy (non-hydrogen) atoms. The maximum Gasteiger partial charge on any atom is 0.138 e. The Labute approximate surface area is 100 Å². The third kappa shape index (κ3) is 2.44. The number of hydrogen-bond donors (Lipinski definition) is 1. The molecule has 1 atom stereocenters. The smallest absolute Gasteiger partial charge is 0.138 e. The second-order valence-electron chi connectivity index (χ2n) is 4.29. The second kappa shape index (κ2) is 4.97. The summed E-state index contributed by atoms with van der Waals surface area (Å²) in [4.78, 5) is 8.28. The summed E-state index contributed by atoms with van der Waals surface area (Å²) < 4.78 is 5.32. The minimum Gasteiger partial charge on any atom is -0.379 e. The molecule has 1 aromatic heterocycles. The van der Waals surface area contributed by atoms with Gasteiger partial charge in [-0.2, -0.15) is 0 Å². The van der Waals surface area contributed by atoms with Crippen molar-refractivity contribution >= 4 is 17.4 Å². The summed E-state index contributed by atoms with van der Waals surface area (Å²) in [5.74, 6) is 1.14. The molecular weight excluding hydrogens is 226 g/mol. The zero-order chi connectivity index (χ0) is 11.5. The van der Waals surface area contributed by atoms with E-state index in [1.54, 1.807) is 0 Å². The fourth-order valence-corrected chi connectivity index (χ4v) is 2.19. The van der Waals surface area contributed by atoms with Crippen LogP contribution in [0.1, 0.15) is 31.7 Å². The van der Waals surface area contributed by atoms with Gasteiger partial charge in [-0.3, -0.25) is 0 Å². The van der Waals surface area contributed by atoms with Crippen LogP contribution in [0.3, 0.4) is 0 Å². The van der Waals surface area contributed by atoms with Gasteiger partial charge in [-0.25, -0.2) is 9.97 Å². The molecule has 5 heteroatoms. The maximum absolute atomic E-state index is 6.09. The quantitative estimate of drug-likeness (QED) is 0.826. The van der Waals surface area contributed by atoms with Crippen molar-refractivity contribution in [3.05, 3.63) is 17.0 Å². The van der Waals surface area contributed by atoms with Crippen LogP contribution in [0.25, 0.3) is 0 Å². The fraction of sp³-hybridized carbons (Fsp3) is 0.636. The largest absolute Gasteiger partial charge is 0.379 e. The molecule has 0 spiro atoms. The lowest BCUT2D eigenvalue weighted by atomic mass is 10.1. The lowest BCUT2D eigenvalue weighted by Crippen LogP contribution is -2.21. The number of nitrogens with zero attached hydrogens (tertiary/aromatic N) is 2. The molecule has 1 aliphatic rings. The van der Waals surface area contributed by atoms with Crippen molar-refractivity contribution in [3.8, 4) is 0 Å². The van der Waals surface area contributed by atoms with Crippen molar-refractivity contribution in [2.45, 2.75) is 32.2 Å². The van der Waals surface area contributed by atoms with Crippen LogP contribution in [0.4, 0.5) is 5.82 Å². The summed E-state index contributed by atoms with van der Waals surface area (Å²) in [6.07, 6.45) is 2.51. The zero-order valence-electron chi connectivity index (χ0n) is 9.53. The Bertz CT molecular complexity index is 364. The Morgan fingerprint density at radius 2 is 2.31 bits per heavy atom.